The van der Waals surface area contributed by atoms with Gasteiger partial charge < -0.3 is 14.2 Å². The second kappa shape index (κ2) is 6.16. The van der Waals surface area contributed by atoms with Gasteiger partial charge in [-0.15, -0.1) is 0 Å². The number of hydrogen-bond donors (Lipinski definition) is 0. The van der Waals surface area contributed by atoms with Crippen LogP contribution in [-0.2, 0) is 29.5 Å². The number of benzene rings is 1. The van der Waals surface area contributed by atoms with Crippen LogP contribution < -0.4 is 0 Å². The maximum atomic E-state index is 12.9. The van der Waals surface area contributed by atoms with E-state index in [4.69, 9.17) is 10.00 Å². The first kappa shape index (κ1) is 15.7. The number of imidazole rings is 1. The van der Waals surface area contributed by atoms with Crippen molar-refractivity contribution in [3.05, 3.63) is 53.1 Å². The molecule has 7 nitrogen and oxygen atoms in total. The topological polar surface area (TPSA) is 88.2 Å². The number of ether oxygens (including phenoxy) is 1. The Bertz CT molecular complexity index is 833. The van der Waals surface area contributed by atoms with Crippen LogP contribution in [0.4, 0.5) is 0 Å². The molecule has 1 aliphatic heterocycles. The van der Waals surface area contributed by atoms with Gasteiger partial charge in [0.15, 0.2) is 0 Å². The zero-order valence-electron chi connectivity index (χ0n) is 13.4. The van der Waals surface area contributed by atoms with Crippen LogP contribution in [0.25, 0.3) is 0 Å². The zero-order valence-corrected chi connectivity index (χ0v) is 13.4. The van der Waals surface area contributed by atoms with Crippen LogP contribution in [0.15, 0.2) is 30.6 Å². The van der Waals surface area contributed by atoms with Gasteiger partial charge in [0.25, 0.3) is 5.91 Å². The van der Waals surface area contributed by atoms with Crippen LogP contribution in [0.1, 0.15) is 27.3 Å². The Morgan fingerprint density at radius 1 is 1.33 bits per heavy atom. The maximum Gasteiger partial charge on any atom is 0.329 e. The molecule has 0 saturated heterocycles. The normalized spacial score (nSPS) is 16.2. The van der Waals surface area contributed by atoms with Crippen LogP contribution in [0.3, 0.4) is 0 Å². The second-order valence-corrected chi connectivity index (χ2v) is 5.61. The van der Waals surface area contributed by atoms with Crippen LogP contribution in [0.5, 0.6) is 0 Å². The molecule has 0 saturated carbocycles. The average Bonchev–Trinajstić information content (AvgIpc) is 2.99. The van der Waals surface area contributed by atoms with E-state index in [0.717, 1.165) is 11.4 Å². The lowest BCUT2D eigenvalue weighted by Gasteiger charge is -2.33. The molecule has 1 amide bonds. The molecule has 2 heterocycles. The van der Waals surface area contributed by atoms with E-state index in [1.807, 2.05) is 17.7 Å². The number of methoxy groups -OCH3 is 1. The van der Waals surface area contributed by atoms with Crippen LogP contribution in [-0.4, -0.2) is 39.5 Å². The van der Waals surface area contributed by atoms with Gasteiger partial charge in [0, 0.05) is 19.0 Å². The fourth-order valence-electron chi connectivity index (χ4n) is 2.86. The number of carbonyl (C=O) groups excluding carboxylic acids is 2. The van der Waals surface area contributed by atoms with E-state index in [1.165, 1.54) is 12.0 Å². The molecule has 1 unspecified atom stereocenters. The SMILES string of the molecule is COC(=O)C1Cc2ncn(C)c2CN1C(=O)c1ccc(C#N)cc1. The fourth-order valence-corrected chi connectivity index (χ4v) is 2.86. The number of aryl methyl sites for hydroxylation is 1. The summed E-state index contributed by atoms with van der Waals surface area (Å²) < 4.78 is 6.70. The molecule has 0 spiro atoms. The minimum atomic E-state index is -0.708. The smallest absolute Gasteiger partial charge is 0.329 e. The number of esters is 1. The van der Waals surface area contributed by atoms with Crippen molar-refractivity contribution < 1.29 is 14.3 Å². The molecule has 2 aromatic rings. The molecular weight excluding hydrogens is 308 g/mol. The van der Waals surface area contributed by atoms with Gasteiger partial charge in [0.05, 0.1) is 43.0 Å². The Balaban J connectivity index is 1.95. The molecule has 1 aliphatic rings. The highest BCUT2D eigenvalue weighted by Crippen LogP contribution is 2.24. The van der Waals surface area contributed by atoms with Gasteiger partial charge in [0.2, 0.25) is 0 Å². The molecule has 1 atom stereocenters. The van der Waals surface area contributed by atoms with Gasteiger partial charge in [-0.25, -0.2) is 9.78 Å². The number of hydrogen-bond acceptors (Lipinski definition) is 5. The van der Waals surface area contributed by atoms with E-state index in [0.29, 0.717) is 17.5 Å². The molecule has 24 heavy (non-hydrogen) atoms. The number of aromatic nitrogens is 2. The Kier molecular flexibility index (Phi) is 4.04. The lowest BCUT2D eigenvalue weighted by Crippen LogP contribution is -2.49. The summed E-state index contributed by atoms with van der Waals surface area (Å²) in [6.07, 6.45) is 2.00. The van der Waals surface area contributed by atoms with E-state index in [1.54, 1.807) is 30.6 Å². The molecule has 7 heteroatoms. The lowest BCUT2D eigenvalue weighted by molar-refractivity contribution is -0.146. The molecule has 122 valence electrons. The van der Waals surface area contributed by atoms with Crippen molar-refractivity contribution in [2.24, 2.45) is 7.05 Å². The highest BCUT2D eigenvalue weighted by Gasteiger charge is 2.37. The second-order valence-electron chi connectivity index (χ2n) is 5.61. The van der Waals surface area contributed by atoms with Crippen molar-refractivity contribution in [1.29, 1.82) is 5.26 Å². The minimum absolute atomic E-state index is 0.276. The number of nitrogens with zero attached hydrogens (tertiary/aromatic N) is 4. The summed E-state index contributed by atoms with van der Waals surface area (Å²) in [7, 11) is 3.16. The average molecular weight is 324 g/mol. The summed E-state index contributed by atoms with van der Waals surface area (Å²) in [5.74, 6) is -0.741. The van der Waals surface area contributed by atoms with Crippen molar-refractivity contribution in [3.8, 4) is 6.07 Å². The van der Waals surface area contributed by atoms with E-state index >= 15 is 0 Å². The van der Waals surface area contributed by atoms with Crippen molar-refractivity contribution >= 4 is 11.9 Å². The summed E-state index contributed by atoms with van der Waals surface area (Å²) in [5.41, 5.74) is 2.60. The molecule has 1 aromatic carbocycles. The predicted molar refractivity (Wildman–Crippen MR) is 83.7 cm³/mol. The number of nitriles is 1. The summed E-state index contributed by atoms with van der Waals surface area (Å²) in [6.45, 7) is 0.282. The third-order valence-corrected chi connectivity index (χ3v) is 4.22. The summed E-state index contributed by atoms with van der Waals surface area (Å²) >= 11 is 0. The Labute approximate surface area is 139 Å². The van der Waals surface area contributed by atoms with Crippen molar-refractivity contribution in [2.75, 3.05) is 7.11 Å². The quantitative estimate of drug-likeness (QED) is 0.770. The van der Waals surface area contributed by atoms with E-state index in [9.17, 15) is 9.59 Å². The molecule has 1 aromatic heterocycles. The largest absolute Gasteiger partial charge is 0.467 e. The Morgan fingerprint density at radius 2 is 2.04 bits per heavy atom. The minimum Gasteiger partial charge on any atom is -0.467 e. The predicted octanol–water partition coefficient (Wildman–Crippen LogP) is 1.03. The van der Waals surface area contributed by atoms with Crippen molar-refractivity contribution in [3.63, 3.8) is 0 Å². The zero-order chi connectivity index (χ0) is 17.3. The van der Waals surface area contributed by atoms with Crippen molar-refractivity contribution in [1.82, 2.24) is 14.5 Å². The lowest BCUT2D eigenvalue weighted by atomic mass is 10.0. The monoisotopic (exact) mass is 324 g/mol. The molecule has 0 bridgehead atoms. The molecule has 3 rings (SSSR count). The van der Waals surface area contributed by atoms with Crippen LogP contribution in [0.2, 0.25) is 0 Å². The molecule has 0 N–H and O–H groups in total. The highest BCUT2D eigenvalue weighted by atomic mass is 16.5. The van der Waals surface area contributed by atoms with E-state index in [2.05, 4.69) is 4.98 Å². The van der Waals surface area contributed by atoms with E-state index < -0.39 is 12.0 Å². The molecule has 0 fully saturated rings. The third-order valence-electron chi connectivity index (χ3n) is 4.22. The standard InChI is InChI=1S/C17H16N4O3/c1-20-10-19-13-7-14(17(23)24-2)21(9-15(13)20)16(22)12-5-3-11(8-18)4-6-12/h3-6,10,14H,7,9H2,1-2H3. The maximum absolute atomic E-state index is 12.9. The Hall–Kier alpha value is -3.14. The highest BCUT2D eigenvalue weighted by molar-refractivity contribution is 5.97. The molecule has 0 radical (unpaired) electrons. The van der Waals surface area contributed by atoms with Crippen LogP contribution in [0, 0.1) is 11.3 Å². The van der Waals surface area contributed by atoms with E-state index in [-0.39, 0.29) is 12.5 Å². The van der Waals surface area contributed by atoms with Gasteiger partial charge >= 0.3 is 5.97 Å². The van der Waals surface area contributed by atoms with Gasteiger partial charge in [0.1, 0.15) is 6.04 Å². The van der Waals surface area contributed by atoms with Gasteiger partial charge in [-0.1, -0.05) is 0 Å². The fraction of sp³-hybridized carbons (Fsp3) is 0.294. The van der Waals surface area contributed by atoms with Crippen molar-refractivity contribution in [2.45, 2.75) is 19.0 Å². The summed E-state index contributed by atoms with van der Waals surface area (Å²) in [6, 6.07) is 7.66. The number of carbonyl (C=O) groups is 2. The number of fused-ring (bicyclic) bond motifs is 1. The number of amides is 1. The first-order chi connectivity index (χ1) is 11.5. The first-order valence-corrected chi connectivity index (χ1v) is 7.43. The summed E-state index contributed by atoms with van der Waals surface area (Å²) in [5, 5.41) is 8.86. The van der Waals surface area contributed by atoms with Gasteiger partial charge in [-0.2, -0.15) is 5.26 Å². The molecule has 0 aliphatic carbocycles. The first-order valence-electron chi connectivity index (χ1n) is 7.43. The number of rotatable bonds is 2. The van der Waals surface area contributed by atoms with Gasteiger partial charge in [-0.05, 0) is 24.3 Å². The summed E-state index contributed by atoms with van der Waals surface area (Å²) in [4.78, 5) is 30.8. The Morgan fingerprint density at radius 3 is 2.67 bits per heavy atom. The van der Waals surface area contributed by atoms with Gasteiger partial charge in [-0.3, -0.25) is 4.79 Å². The molecular formula is C17H16N4O3. The third kappa shape index (κ3) is 2.63. The van der Waals surface area contributed by atoms with Crippen LogP contribution >= 0.6 is 0 Å².